The molecule has 4 heteroatoms. The van der Waals surface area contributed by atoms with Crippen molar-refractivity contribution in [3.63, 3.8) is 0 Å². The normalized spacial score (nSPS) is 9.62. The van der Waals surface area contributed by atoms with Gasteiger partial charge in [-0.3, -0.25) is 0 Å². The Balaban J connectivity index is 0.000000845. The third-order valence-corrected chi connectivity index (χ3v) is 2.11. The predicted molar refractivity (Wildman–Crippen MR) is 50.2 cm³/mol. The Morgan fingerprint density at radius 3 is 2.54 bits per heavy atom. The molecule has 1 heterocycles. The van der Waals surface area contributed by atoms with E-state index in [0.717, 1.165) is 10.1 Å². The minimum Gasteiger partial charge on any atom is -0.617 e. The van der Waals surface area contributed by atoms with Crippen LogP contribution in [0.3, 0.4) is 0 Å². The van der Waals surface area contributed by atoms with Crippen LogP contribution < -0.4 is 34.3 Å². The number of pyridine rings is 1. The Morgan fingerprint density at radius 2 is 1.77 bits per heavy atom. The molecular formula is C9H7NNaOS+. The maximum absolute atomic E-state index is 11.4. The summed E-state index contributed by atoms with van der Waals surface area (Å²) in [6, 6.07) is 11.0. The second kappa shape index (κ2) is 4.33. The fourth-order valence-electron chi connectivity index (χ4n) is 1.17. The van der Waals surface area contributed by atoms with Crippen LogP contribution >= 0.6 is 12.6 Å². The van der Waals surface area contributed by atoms with E-state index in [4.69, 9.17) is 0 Å². The van der Waals surface area contributed by atoms with E-state index in [9.17, 15) is 5.21 Å². The van der Waals surface area contributed by atoms with Crippen molar-refractivity contribution in [2.45, 2.75) is 5.03 Å². The topological polar surface area (TPSA) is 26.9 Å². The van der Waals surface area contributed by atoms with Crippen molar-refractivity contribution >= 4 is 23.5 Å². The van der Waals surface area contributed by atoms with Gasteiger partial charge in [0.2, 0.25) is 10.5 Å². The number of aromatic nitrogens is 1. The van der Waals surface area contributed by atoms with E-state index in [2.05, 4.69) is 12.6 Å². The number of fused-ring (bicyclic) bond motifs is 1. The molecule has 0 saturated heterocycles. The third-order valence-electron chi connectivity index (χ3n) is 1.78. The van der Waals surface area contributed by atoms with Crippen molar-refractivity contribution in [3.05, 3.63) is 41.6 Å². The second-order valence-corrected chi connectivity index (χ2v) is 3.00. The minimum absolute atomic E-state index is 0. The zero-order chi connectivity index (χ0) is 8.55. The van der Waals surface area contributed by atoms with Crippen LogP contribution in [0.5, 0.6) is 0 Å². The van der Waals surface area contributed by atoms with Crippen LogP contribution in [0.4, 0.5) is 0 Å². The first-order valence-corrected chi connectivity index (χ1v) is 4.04. The van der Waals surface area contributed by atoms with Gasteiger partial charge < -0.3 is 5.21 Å². The van der Waals surface area contributed by atoms with E-state index >= 15 is 0 Å². The first kappa shape index (κ1) is 10.9. The molecular weight excluding hydrogens is 193 g/mol. The molecule has 0 unspecified atom stereocenters. The Hall–Kier alpha value is -0.220. The molecule has 2 rings (SSSR count). The monoisotopic (exact) mass is 200 g/mol. The van der Waals surface area contributed by atoms with Gasteiger partial charge in [-0.05, 0) is 12.1 Å². The molecule has 0 fully saturated rings. The maximum Gasteiger partial charge on any atom is 1.00 e. The van der Waals surface area contributed by atoms with Gasteiger partial charge in [0.05, 0.1) is 0 Å². The largest absolute Gasteiger partial charge is 1.00 e. The van der Waals surface area contributed by atoms with Gasteiger partial charge >= 0.3 is 29.6 Å². The van der Waals surface area contributed by atoms with Crippen molar-refractivity contribution in [1.29, 1.82) is 0 Å². The Morgan fingerprint density at radius 1 is 1.08 bits per heavy atom. The van der Waals surface area contributed by atoms with Gasteiger partial charge in [-0.2, -0.15) is 4.73 Å². The quantitative estimate of drug-likeness (QED) is 0.245. The zero-order valence-corrected chi connectivity index (χ0v) is 10.2. The van der Waals surface area contributed by atoms with Crippen LogP contribution in [0, 0.1) is 5.21 Å². The number of rotatable bonds is 0. The Bertz CT molecular complexity index is 433. The van der Waals surface area contributed by atoms with Gasteiger partial charge in [0.25, 0.3) is 0 Å². The van der Waals surface area contributed by atoms with Gasteiger partial charge in [0.15, 0.2) is 0 Å². The Kier molecular flexibility index (Phi) is 3.62. The minimum atomic E-state index is 0. The maximum atomic E-state index is 11.4. The molecule has 0 bridgehead atoms. The summed E-state index contributed by atoms with van der Waals surface area (Å²) in [5.74, 6) is 0. The Labute approximate surface area is 104 Å². The van der Waals surface area contributed by atoms with E-state index in [0.29, 0.717) is 10.5 Å². The van der Waals surface area contributed by atoms with E-state index in [1.165, 1.54) is 0 Å². The molecule has 13 heavy (non-hydrogen) atoms. The molecule has 60 valence electrons. The van der Waals surface area contributed by atoms with Gasteiger partial charge in [-0.25, -0.2) is 0 Å². The van der Waals surface area contributed by atoms with Crippen LogP contribution in [0.2, 0.25) is 0 Å². The second-order valence-electron chi connectivity index (χ2n) is 2.54. The summed E-state index contributed by atoms with van der Waals surface area (Å²) in [6.07, 6.45) is 0. The molecule has 0 aliphatic heterocycles. The SMILES string of the molecule is [Na+].[O-][n+]1c(S)ccc2ccccc21. The average Bonchev–Trinajstić information content (AvgIpc) is 2.12. The predicted octanol–water partition coefficient (Wildman–Crippen LogP) is -1.23. The van der Waals surface area contributed by atoms with E-state index in [1.807, 2.05) is 24.3 Å². The summed E-state index contributed by atoms with van der Waals surface area (Å²) in [7, 11) is 0. The van der Waals surface area contributed by atoms with Gasteiger partial charge in [-0.15, -0.1) is 0 Å². The first-order chi connectivity index (χ1) is 5.79. The molecule has 1 aromatic carbocycles. The molecule has 0 aliphatic rings. The molecule has 2 nitrogen and oxygen atoms in total. The molecule has 0 amide bonds. The number of hydrogen-bond donors (Lipinski definition) is 1. The summed E-state index contributed by atoms with van der Waals surface area (Å²) in [5.41, 5.74) is 0.657. The number of nitrogens with zero attached hydrogens (tertiary/aromatic N) is 1. The van der Waals surface area contributed by atoms with E-state index < -0.39 is 0 Å². The first-order valence-electron chi connectivity index (χ1n) is 3.59. The number of para-hydroxylation sites is 1. The molecule has 0 radical (unpaired) electrons. The van der Waals surface area contributed by atoms with Crippen LogP contribution in [0.1, 0.15) is 0 Å². The van der Waals surface area contributed by atoms with Crippen molar-refractivity contribution in [3.8, 4) is 0 Å². The fraction of sp³-hybridized carbons (Fsp3) is 0. The summed E-state index contributed by atoms with van der Waals surface area (Å²) in [4.78, 5) is 0. The zero-order valence-electron chi connectivity index (χ0n) is 7.27. The summed E-state index contributed by atoms with van der Waals surface area (Å²) < 4.78 is 0.818. The van der Waals surface area contributed by atoms with E-state index in [1.54, 1.807) is 12.1 Å². The number of thiol groups is 1. The van der Waals surface area contributed by atoms with Gasteiger partial charge in [0, 0.05) is 17.5 Å². The molecule has 0 atom stereocenters. The summed E-state index contributed by atoms with van der Waals surface area (Å²) >= 11 is 4.02. The standard InChI is InChI=1S/C9H7NOS.Na/c11-10-8-4-2-1-3-7(8)5-6-9(10)12;/h1-6,12H;/q;+1. The number of benzene rings is 1. The molecule has 2 aromatic rings. The van der Waals surface area contributed by atoms with E-state index in [-0.39, 0.29) is 29.6 Å². The van der Waals surface area contributed by atoms with Crippen molar-refractivity contribution < 1.29 is 34.3 Å². The van der Waals surface area contributed by atoms with Crippen molar-refractivity contribution in [2.75, 3.05) is 0 Å². The van der Waals surface area contributed by atoms with Crippen molar-refractivity contribution in [2.24, 2.45) is 0 Å². The molecule has 1 aromatic heterocycles. The van der Waals surface area contributed by atoms with Crippen LogP contribution in [-0.2, 0) is 0 Å². The molecule has 0 spiro atoms. The fourth-order valence-corrected chi connectivity index (χ4v) is 1.35. The van der Waals surface area contributed by atoms with Crippen LogP contribution in [0.25, 0.3) is 10.9 Å². The van der Waals surface area contributed by atoms with Crippen LogP contribution in [-0.4, -0.2) is 0 Å². The van der Waals surface area contributed by atoms with Gasteiger partial charge in [-0.1, -0.05) is 24.8 Å². The molecule has 0 aliphatic carbocycles. The summed E-state index contributed by atoms with van der Waals surface area (Å²) in [5, 5.41) is 12.7. The average molecular weight is 200 g/mol. The number of hydrogen-bond acceptors (Lipinski definition) is 2. The van der Waals surface area contributed by atoms with Crippen molar-refractivity contribution in [1.82, 2.24) is 0 Å². The van der Waals surface area contributed by atoms with Crippen LogP contribution in [0.15, 0.2) is 41.4 Å². The smallest absolute Gasteiger partial charge is 0.617 e. The van der Waals surface area contributed by atoms with Gasteiger partial charge in [0.1, 0.15) is 0 Å². The molecule has 0 saturated carbocycles. The third kappa shape index (κ3) is 1.99. The summed E-state index contributed by atoms with van der Waals surface area (Å²) in [6.45, 7) is 0. The molecule has 0 N–H and O–H groups in total.